The normalized spacial score (nSPS) is 13.9. The summed E-state index contributed by atoms with van der Waals surface area (Å²) in [7, 11) is 3.55. The van der Waals surface area contributed by atoms with Crippen LogP contribution in [0.4, 0.5) is 5.69 Å². The molecule has 9 heteroatoms. The number of carbonyl (C=O) groups excluding carboxylic acids is 3. The van der Waals surface area contributed by atoms with Crippen LogP contribution in [0.15, 0.2) is 28.5 Å². The number of benzene rings is 1. The van der Waals surface area contributed by atoms with E-state index in [0.29, 0.717) is 0 Å². The second-order valence-corrected chi connectivity index (χ2v) is 5.56. The molecule has 0 bridgehead atoms. The molecule has 0 aromatic heterocycles. The minimum atomic E-state index is -1.39. The minimum absolute atomic E-state index is 0.0760. The summed E-state index contributed by atoms with van der Waals surface area (Å²) in [5, 5.41) is 10.0. The van der Waals surface area contributed by atoms with Crippen LogP contribution in [0.25, 0.3) is 0 Å². The molecule has 1 aliphatic heterocycles. The number of methoxy groups -OCH3 is 3. The Balaban J connectivity index is 2.57. The Kier molecular flexibility index (Phi) is 6.65. The Hall–Kier alpha value is -2.97. The number of ether oxygens (including phenoxy) is 3. The molecule has 1 heterocycles. The molecule has 0 radical (unpaired) electrons. The molecular formula is C17H21N3O6. The molecule has 1 saturated heterocycles. The van der Waals surface area contributed by atoms with Gasteiger partial charge in [0.15, 0.2) is 5.92 Å². The second-order valence-electron chi connectivity index (χ2n) is 5.56. The van der Waals surface area contributed by atoms with Crippen molar-refractivity contribution in [2.24, 2.45) is 10.3 Å². The summed E-state index contributed by atoms with van der Waals surface area (Å²) in [5.41, 5.74) is 0.326. The zero-order valence-corrected chi connectivity index (χ0v) is 14.9. The molecule has 0 unspecified atom stereocenters. The Morgan fingerprint density at radius 1 is 1.00 bits per heavy atom. The highest BCUT2D eigenvalue weighted by Gasteiger charge is 2.34. The molecule has 0 N–H and O–H groups in total. The van der Waals surface area contributed by atoms with Crippen molar-refractivity contribution in [1.29, 1.82) is 0 Å². The predicted octanol–water partition coefficient (Wildman–Crippen LogP) is 2.00. The summed E-state index contributed by atoms with van der Waals surface area (Å²) in [6.07, 6.45) is 1.99. The van der Waals surface area contributed by atoms with Gasteiger partial charge in [0.25, 0.3) is 0 Å². The molecule has 9 nitrogen and oxygen atoms in total. The van der Waals surface area contributed by atoms with Crippen molar-refractivity contribution >= 4 is 23.6 Å². The SMILES string of the molecule is COC(=O)c1cccc(C(C(=O)OC)C(=O)OC)c1N=NN1CCCC1. The zero-order valence-electron chi connectivity index (χ0n) is 14.9. The second kappa shape index (κ2) is 8.93. The van der Waals surface area contributed by atoms with Gasteiger partial charge in [0.2, 0.25) is 0 Å². The number of nitrogens with zero attached hydrogens (tertiary/aromatic N) is 3. The van der Waals surface area contributed by atoms with Crippen LogP contribution in [0.2, 0.25) is 0 Å². The van der Waals surface area contributed by atoms with E-state index in [1.54, 1.807) is 5.01 Å². The number of esters is 3. The van der Waals surface area contributed by atoms with Gasteiger partial charge in [0.1, 0.15) is 5.69 Å². The van der Waals surface area contributed by atoms with Crippen molar-refractivity contribution in [3.8, 4) is 0 Å². The summed E-state index contributed by atoms with van der Waals surface area (Å²) in [6, 6.07) is 4.51. The average Bonchev–Trinajstić information content (AvgIpc) is 3.19. The lowest BCUT2D eigenvalue weighted by atomic mass is 9.95. The third kappa shape index (κ3) is 4.16. The van der Waals surface area contributed by atoms with Crippen molar-refractivity contribution in [3.63, 3.8) is 0 Å². The quantitative estimate of drug-likeness (QED) is 0.329. The zero-order chi connectivity index (χ0) is 19.1. The van der Waals surface area contributed by atoms with Gasteiger partial charge in [0.05, 0.1) is 26.9 Å². The molecule has 1 fully saturated rings. The van der Waals surface area contributed by atoms with E-state index >= 15 is 0 Å². The van der Waals surface area contributed by atoms with Crippen LogP contribution in [-0.4, -0.2) is 57.3 Å². The average molecular weight is 363 g/mol. The minimum Gasteiger partial charge on any atom is -0.468 e. The maximum atomic E-state index is 12.2. The van der Waals surface area contributed by atoms with Gasteiger partial charge in [-0.15, -0.1) is 5.11 Å². The molecule has 1 aliphatic rings. The van der Waals surface area contributed by atoms with E-state index in [1.807, 2.05) is 0 Å². The van der Waals surface area contributed by atoms with Gasteiger partial charge in [0, 0.05) is 18.7 Å². The summed E-state index contributed by atoms with van der Waals surface area (Å²) < 4.78 is 14.2. The maximum absolute atomic E-state index is 12.2. The first-order valence-electron chi connectivity index (χ1n) is 8.07. The van der Waals surface area contributed by atoms with Gasteiger partial charge < -0.3 is 14.2 Å². The van der Waals surface area contributed by atoms with E-state index in [0.717, 1.165) is 40.2 Å². The largest absolute Gasteiger partial charge is 0.468 e. The fourth-order valence-corrected chi connectivity index (χ4v) is 2.66. The van der Waals surface area contributed by atoms with Gasteiger partial charge >= 0.3 is 17.9 Å². The van der Waals surface area contributed by atoms with E-state index in [4.69, 9.17) is 14.2 Å². The van der Waals surface area contributed by atoms with Crippen molar-refractivity contribution < 1.29 is 28.6 Å². The van der Waals surface area contributed by atoms with Crippen LogP contribution in [-0.2, 0) is 23.8 Å². The molecule has 0 amide bonds. The highest BCUT2D eigenvalue weighted by Crippen LogP contribution is 2.33. The molecule has 0 aliphatic carbocycles. The maximum Gasteiger partial charge on any atom is 0.340 e. The molecule has 2 rings (SSSR count). The lowest BCUT2D eigenvalue weighted by molar-refractivity contribution is -0.154. The predicted molar refractivity (Wildman–Crippen MR) is 89.9 cm³/mol. The number of hydrogen-bond acceptors (Lipinski definition) is 8. The topological polar surface area (TPSA) is 107 Å². The molecule has 140 valence electrons. The summed E-state index contributed by atoms with van der Waals surface area (Å²) in [6.45, 7) is 1.49. The van der Waals surface area contributed by atoms with Crippen molar-refractivity contribution in [2.75, 3.05) is 34.4 Å². The fourth-order valence-electron chi connectivity index (χ4n) is 2.66. The Morgan fingerprint density at radius 2 is 1.62 bits per heavy atom. The van der Waals surface area contributed by atoms with E-state index in [1.165, 1.54) is 25.3 Å². The van der Waals surface area contributed by atoms with Crippen LogP contribution in [0, 0.1) is 0 Å². The smallest absolute Gasteiger partial charge is 0.340 e. The molecular weight excluding hydrogens is 342 g/mol. The first-order chi connectivity index (χ1) is 12.5. The summed E-state index contributed by atoms with van der Waals surface area (Å²) in [4.78, 5) is 36.4. The van der Waals surface area contributed by atoms with E-state index < -0.39 is 23.8 Å². The monoisotopic (exact) mass is 363 g/mol. The van der Waals surface area contributed by atoms with E-state index in [9.17, 15) is 14.4 Å². The molecule has 0 spiro atoms. The highest BCUT2D eigenvalue weighted by atomic mass is 16.5. The van der Waals surface area contributed by atoms with Gasteiger partial charge in [-0.2, -0.15) is 0 Å². The van der Waals surface area contributed by atoms with Crippen LogP contribution >= 0.6 is 0 Å². The van der Waals surface area contributed by atoms with Crippen molar-refractivity contribution in [3.05, 3.63) is 29.3 Å². The van der Waals surface area contributed by atoms with Crippen LogP contribution in [0.5, 0.6) is 0 Å². The van der Waals surface area contributed by atoms with Gasteiger partial charge in [-0.1, -0.05) is 17.4 Å². The molecule has 1 aromatic rings. The molecule has 0 atom stereocenters. The van der Waals surface area contributed by atoms with Crippen molar-refractivity contribution in [1.82, 2.24) is 5.01 Å². The lowest BCUT2D eigenvalue weighted by Gasteiger charge is -2.16. The lowest BCUT2D eigenvalue weighted by Crippen LogP contribution is -2.25. The third-order valence-electron chi connectivity index (χ3n) is 4.01. The summed E-state index contributed by atoms with van der Waals surface area (Å²) >= 11 is 0. The Bertz CT molecular complexity index is 696. The van der Waals surface area contributed by atoms with E-state index in [2.05, 4.69) is 10.3 Å². The van der Waals surface area contributed by atoms with Crippen LogP contribution in [0.1, 0.15) is 34.7 Å². The van der Waals surface area contributed by atoms with Crippen LogP contribution < -0.4 is 0 Å². The first-order valence-corrected chi connectivity index (χ1v) is 8.07. The molecule has 26 heavy (non-hydrogen) atoms. The van der Waals surface area contributed by atoms with Crippen LogP contribution in [0.3, 0.4) is 0 Å². The highest BCUT2D eigenvalue weighted by molar-refractivity contribution is 6.04. The van der Waals surface area contributed by atoms with Crippen molar-refractivity contribution in [2.45, 2.75) is 18.8 Å². The van der Waals surface area contributed by atoms with E-state index in [-0.39, 0.29) is 16.8 Å². The molecule has 1 aromatic carbocycles. The number of rotatable bonds is 6. The third-order valence-corrected chi connectivity index (χ3v) is 4.01. The first kappa shape index (κ1) is 19.4. The van der Waals surface area contributed by atoms with Gasteiger partial charge in [-0.05, 0) is 18.9 Å². The Morgan fingerprint density at radius 3 is 2.15 bits per heavy atom. The fraction of sp³-hybridized carbons (Fsp3) is 0.471. The van der Waals surface area contributed by atoms with Gasteiger partial charge in [-0.25, -0.2) is 4.79 Å². The van der Waals surface area contributed by atoms with Gasteiger partial charge in [-0.3, -0.25) is 14.6 Å². The summed E-state index contributed by atoms with van der Waals surface area (Å²) in [5.74, 6) is -3.69. The standard InChI is InChI=1S/C17H21N3O6/c1-24-15(21)12-8-6-7-11(13(16(22)25-2)17(23)26-3)14(12)18-19-20-9-4-5-10-20/h6-8,13H,4-5,9-10H2,1-3H3. The Labute approximate surface area is 150 Å². The number of carbonyl (C=O) groups is 3. The molecule has 0 saturated carbocycles. The number of hydrogen-bond donors (Lipinski definition) is 0.